The minimum absolute atomic E-state index is 0.221. The van der Waals surface area contributed by atoms with Crippen molar-refractivity contribution in [3.05, 3.63) is 35.9 Å². The lowest BCUT2D eigenvalue weighted by Crippen LogP contribution is -2.44. The van der Waals surface area contributed by atoms with E-state index in [1.54, 1.807) is 0 Å². The van der Waals surface area contributed by atoms with Crippen LogP contribution in [-0.4, -0.2) is 43.7 Å². The molecule has 1 saturated carbocycles. The Kier molecular flexibility index (Phi) is 4.33. The second kappa shape index (κ2) is 6.37. The summed E-state index contributed by atoms with van der Waals surface area (Å²) in [6, 6.07) is 10.7. The first-order chi connectivity index (χ1) is 9.84. The van der Waals surface area contributed by atoms with Gasteiger partial charge in [0, 0.05) is 25.6 Å². The average molecular weight is 274 g/mol. The number of amides is 1. The highest BCUT2D eigenvalue weighted by Crippen LogP contribution is 2.29. The number of benzene rings is 1. The van der Waals surface area contributed by atoms with Crippen molar-refractivity contribution in [2.75, 3.05) is 32.8 Å². The summed E-state index contributed by atoms with van der Waals surface area (Å²) in [6.07, 6.45) is 2.11. The molecule has 0 aromatic heterocycles. The predicted octanol–water partition coefficient (Wildman–Crippen LogP) is 1.59. The van der Waals surface area contributed by atoms with E-state index in [2.05, 4.69) is 34.5 Å². The molecule has 4 heteroatoms. The zero-order valence-corrected chi connectivity index (χ0v) is 11.8. The molecule has 108 valence electrons. The second-order valence-electron chi connectivity index (χ2n) is 5.59. The van der Waals surface area contributed by atoms with E-state index in [0.29, 0.717) is 6.54 Å². The van der Waals surface area contributed by atoms with Crippen LogP contribution in [0.5, 0.6) is 0 Å². The molecule has 1 amide bonds. The Morgan fingerprint density at radius 1 is 1.25 bits per heavy atom. The highest BCUT2D eigenvalue weighted by atomic mass is 16.5. The molecule has 1 N–H and O–H groups in total. The van der Waals surface area contributed by atoms with Gasteiger partial charge >= 0.3 is 0 Å². The largest absolute Gasteiger partial charge is 0.379 e. The van der Waals surface area contributed by atoms with E-state index in [1.165, 1.54) is 5.56 Å². The number of morpholine rings is 1. The van der Waals surface area contributed by atoms with Crippen LogP contribution in [0.1, 0.15) is 24.4 Å². The zero-order valence-electron chi connectivity index (χ0n) is 11.8. The maximum atomic E-state index is 11.9. The number of carbonyl (C=O) groups is 1. The third-order valence-corrected chi connectivity index (χ3v) is 4.09. The Morgan fingerprint density at radius 3 is 2.60 bits per heavy atom. The highest BCUT2D eigenvalue weighted by molar-refractivity contribution is 5.80. The lowest BCUT2D eigenvalue weighted by Gasteiger charge is -2.35. The van der Waals surface area contributed by atoms with Gasteiger partial charge in [-0.3, -0.25) is 9.69 Å². The van der Waals surface area contributed by atoms with E-state index in [1.807, 2.05) is 6.07 Å². The van der Waals surface area contributed by atoms with Crippen LogP contribution in [0.2, 0.25) is 0 Å². The Labute approximate surface area is 120 Å². The van der Waals surface area contributed by atoms with Gasteiger partial charge < -0.3 is 10.1 Å². The summed E-state index contributed by atoms with van der Waals surface area (Å²) in [5.74, 6) is 0.496. The molecule has 1 heterocycles. The molecule has 3 rings (SSSR count). The fourth-order valence-electron chi connectivity index (χ4n) is 2.71. The maximum absolute atomic E-state index is 11.9. The molecule has 0 spiro atoms. The van der Waals surface area contributed by atoms with Crippen molar-refractivity contribution in [1.29, 1.82) is 0 Å². The third-order valence-electron chi connectivity index (χ3n) is 4.09. The van der Waals surface area contributed by atoms with Crippen LogP contribution in [0.15, 0.2) is 30.3 Å². The highest BCUT2D eigenvalue weighted by Gasteiger charge is 2.30. The van der Waals surface area contributed by atoms with Gasteiger partial charge in [-0.1, -0.05) is 30.3 Å². The molecule has 1 aromatic rings. The minimum atomic E-state index is 0.221. The molecule has 0 radical (unpaired) electrons. The minimum Gasteiger partial charge on any atom is -0.379 e. The van der Waals surface area contributed by atoms with E-state index in [4.69, 9.17) is 4.74 Å². The lowest BCUT2D eigenvalue weighted by molar-refractivity contribution is -0.122. The number of carbonyl (C=O) groups excluding carboxylic acids is 1. The van der Waals surface area contributed by atoms with E-state index in [9.17, 15) is 4.79 Å². The number of hydrogen-bond acceptors (Lipinski definition) is 3. The van der Waals surface area contributed by atoms with Crippen LogP contribution in [0.4, 0.5) is 0 Å². The van der Waals surface area contributed by atoms with E-state index in [-0.39, 0.29) is 17.9 Å². The average Bonchev–Trinajstić information content (AvgIpc) is 3.34. The summed E-state index contributed by atoms with van der Waals surface area (Å²) in [4.78, 5) is 14.3. The van der Waals surface area contributed by atoms with Crippen LogP contribution in [0.3, 0.4) is 0 Å². The smallest absolute Gasteiger partial charge is 0.223 e. The number of nitrogens with zero attached hydrogens (tertiary/aromatic N) is 1. The predicted molar refractivity (Wildman–Crippen MR) is 77.3 cm³/mol. The number of rotatable bonds is 5. The van der Waals surface area contributed by atoms with Crippen LogP contribution in [-0.2, 0) is 9.53 Å². The quantitative estimate of drug-likeness (QED) is 0.886. The van der Waals surface area contributed by atoms with Crippen molar-refractivity contribution >= 4 is 5.91 Å². The second-order valence-corrected chi connectivity index (χ2v) is 5.59. The molecule has 4 nitrogen and oxygen atoms in total. The summed E-state index contributed by atoms with van der Waals surface area (Å²) >= 11 is 0. The molecule has 1 aliphatic heterocycles. The molecule has 2 fully saturated rings. The van der Waals surface area contributed by atoms with Gasteiger partial charge in [0.05, 0.1) is 19.3 Å². The van der Waals surface area contributed by atoms with E-state index >= 15 is 0 Å². The lowest BCUT2D eigenvalue weighted by atomic mass is 10.0. The van der Waals surface area contributed by atoms with Gasteiger partial charge in [0.1, 0.15) is 0 Å². The van der Waals surface area contributed by atoms with Crippen molar-refractivity contribution in [1.82, 2.24) is 10.2 Å². The number of nitrogens with one attached hydrogen (secondary N) is 1. The van der Waals surface area contributed by atoms with Crippen molar-refractivity contribution in [2.45, 2.75) is 18.9 Å². The molecule has 0 bridgehead atoms. The zero-order chi connectivity index (χ0) is 13.8. The fourth-order valence-corrected chi connectivity index (χ4v) is 2.71. The Morgan fingerprint density at radius 2 is 1.95 bits per heavy atom. The molecule has 20 heavy (non-hydrogen) atoms. The Hall–Kier alpha value is -1.39. The van der Waals surface area contributed by atoms with Crippen LogP contribution >= 0.6 is 0 Å². The summed E-state index contributed by atoms with van der Waals surface area (Å²) in [5, 5.41) is 3.12. The van der Waals surface area contributed by atoms with Gasteiger partial charge in [-0.15, -0.1) is 0 Å². The SMILES string of the molecule is O=C(NCC(c1ccccc1)N1CCOCC1)C1CC1. The normalized spacial score (nSPS) is 21.4. The van der Waals surface area contributed by atoms with Gasteiger partial charge in [0.25, 0.3) is 0 Å². The fraction of sp³-hybridized carbons (Fsp3) is 0.562. The monoisotopic (exact) mass is 274 g/mol. The molecule has 1 aromatic carbocycles. The van der Waals surface area contributed by atoms with Crippen LogP contribution < -0.4 is 5.32 Å². The molecule has 1 atom stereocenters. The molecule has 1 aliphatic carbocycles. The Bertz CT molecular complexity index is 439. The molecule has 2 aliphatic rings. The Balaban J connectivity index is 1.67. The van der Waals surface area contributed by atoms with Crippen molar-refractivity contribution in [3.63, 3.8) is 0 Å². The maximum Gasteiger partial charge on any atom is 0.223 e. The number of hydrogen-bond donors (Lipinski definition) is 1. The third kappa shape index (κ3) is 3.38. The van der Waals surface area contributed by atoms with Crippen LogP contribution in [0, 0.1) is 5.92 Å². The van der Waals surface area contributed by atoms with Gasteiger partial charge in [-0.2, -0.15) is 0 Å². The summed E-state index contributed by atoms with van der Waals surface area (Å²) in [7, 11) is 0. The van der Waals surface area contributed by atoms with E-state index in [0.717, 1.165) is 39.1 Å². The summed E-state index contributed by atoms with van der Waals surface area (Å²) in [6.45, 7) is 4.11. The first-order valence-electron chi connectivity index (χ1n) is 7.49. The van der Waals surface area contributed by atoms with Crippen molar-refractivity contribution in [2.24, 2.45) is 5.92 Å². The molecular weight excluding hydrogens is 252 g/mol. The molecule has 1 unspecified atom stereocenters. The van der Waals surface area contributed by atoms with Gasteiger partial charge in [-0.25, -0.2) is 0 Å². The topological polar surface area (TPSA) is 41.6 Å². The van der Waals surface area contributed by atoms with Gasteiger partial charge in [0.2, 0.25) is 5.91 Å². The van der Waals surface area contributed by atoms with Gasteiger partial charge in [-0.05, 0) is 18.4 Å². The molecule has 1 saturated heterocycles. The first kappa shape index (κ1) is 13.6. The van der Waals surface area contributed by atoms with Gasteiger partial charge in [0.15, 0.2) is 0 Å². The summed E-state index contributed by atoms with van der Waals surface area (Å²) in [5.41, 5.74) is 1.27. The summed E-state index contributed by atoms with van der Waals surface area (Å²) < 4.78 is 5.43. The van der Waals surface area contributed by atoms with E-state index < -0.39 is 0 Å². The van der Waals surface area contributed by atoms with Crippen molar-refractivity contribution < 1.29 is 9.53 Å². The first-order valence-corrected chi connectivity index (χ1v) is 7.49. The number of ether oxygens (including phenoxy) is 1. The standard InChI is InChI=1S/C16H22N2O2/c19-16(14-6-7-14)17-12-15(13-4-2-1-3-5-13)18-8-10-20-11-9-18/h1-5,14-15H,6-12H2,(H,17,19). The van der Waals surface area contributed by atoms with Crippen LogP contribution in [0.25, 0.3) is 0 Å². The van der Waals surface area contributed by atoms with Crippen molar-refractivity contribution in [3.8, 4) is 0 Å². The molecular formula is C16H22N2O2.